The number of hydrogen-bond acceptors (Lipinski definition) is 3. The van der Waals surface area contributed by atoms with Gasteiger partial charge in [0.2, 0.25) is 0 Å². The molecule has 0 aliphatic carbocycles. The first-order chi connectivity index (χ1) is 8.54. The van der Waals surface area contributed by atoms with Crippen molar-refractivity contribution in [3.05, 3.63) is 54.6 Å². The first-order valence-electron chi connectivity index (χ1n) is 5.26. The van der Waals surface area contributed by atoms with Crippen LogP contribution < -0.4 is 15.2 Å². The average Bonchev–Trinajstić information content (AvgIpc) is 2.31. The Kier molecular flexibility index (Phi) is 3.50. The number of para-hydroxylation sites is 3. The Morgan fingerprint density at radius 1 is 0.833 bits per heavy atom. The minimum absolute atomic E-state index is 0.406. The summed E-state index contributed by atoms with van der Waals surface area (Å²) in [6.45, 7) is 0. The molecule has 0 aliphatic heterocycles. The molecule has 0 bridgehead atoms. The van der Waals surface area contributed by atoms with E-state index in [1.165, 1.54) is 0 Å². The Balaban J connectivity index is 2.28. The molecule has 0 atom stereocenters. The first kappa shape index (κ1) is 12.4. The molecule has 0 fully saturated rings. The van der Waals surface area contributed by atoms with E-state index in [-0.39, 0.29) is 0 Å². The molecule has 2 rings (SSSR count). The second kappa shape index (κ2) is 5.07. The summed E-state index contributed by atoms with van der Waals surface area (Å²) in [5.41, 5.74) is 1.91. The molecule has 2 aromatic carbocycles. The minimum Gasteiger partial charge on any atom is -0.354 e. The number of benzene rings is 2. The van der Waals surface area contributed by atoms with E-state index in [4.69, 9.17) is 5.14 Å². The molecule has 0 saturated carbocycles. The minimum atomic E-state index is -3.78. The van der Waals surface area contributed by atoms with Gasteiger partial charge in [-0.05, 0) is 24.3 Å². The highest BCUT2D eigenvalue weighted by Crippen LogP contribution is 2.25. The zero-order valence-corrected chi connectivity index (χ0v) is 10.3. The Morgan fingerprint density at radius 3 is 2.00 bits per heavy atom. The Morgan fingerprint density at radius 2 is 1.39 bits per heavy atom. The molecular weight excluding hydrogens is 250 g/mol. The van der Waals surface area contributed by atoms with Gasteiger partial charge in [0, 0.05) is 5.69 Å². The maximum Gasteiger partial charge on any atom is 0.296 e. The fourth-order valence-electron chi connectivity index (χ4n) is 1.51. The maximum atomic E-state index is 11.0. The monoisotopic (exact) mass is 263 g/mol. The molecule has 4 N–H and O–H groups in total. The van der Waals surface area contributed by atoms with Gasteiger partial charge in [-0.15, -0.1) is 0 Å². The Labute approximate surface area is 106 Å². The molecule has 2 aromatic rings. The molecule has 0 aromatic heterocycles. The van der Waals surface area contributed by atoms with E-state index in [1.54, 1.807) is 24.3 Å². The summed E-state index contributed by atoms with van der Waals surface area (Å²) in [7, 11) is -3.78. The molecule has 0 saturated heterocycles. The van der Waals surface area contributed by atoms with E-state index < -0.39 is 10.2 Å². The lowest BCUT2D eigenvalue weighted by atomic mass is 10.2. The number of nitrogens with one attached hydrogen (secondary N) is 2. The SMILES string of the molecule is NS(=O)(=O)Nc1ccccc1Nc1ccccc1. The molecule has 0 unspecified atom stereocenters. The van der Waals surface area contributed by atoms with Gasteiger partial charge in [0.25, 0.3) is 10.2 Å². The van der Waals surface area contributed by atoms with Crippen molar-refractivity contribution in [3.63, 3.8) is 0 Å². The molecule has 18 heavy (non-hydrogen) atoms. The van der Waals surface area contributed by atoms with Crippen molar-refractivity contribution >= 4 is 27.3 Å². The van der Waals surface area contributed by atoms with Crippen LogP contribution in [0.2, 0.25) is 0 Å². The smallest absolute Gasteiger partial charge is 0.296 e. The van der Waals surface area contributed by atoms with Crippen LogP contribution in [0, 0.1) is 0 Å². The normalized spacial score (nSPS) is 10.9. The molecule has 0 amide bonds. The lowest BCUT2D eigenvalue weighted by molar-refractivity contribution is 0.603. The summed E-state index contributed by atoms with van der Waals surface area (Å²) in [5.74, 6) is 0. The summed E-state index contributed by atoms with van der Waals surface area (Å²) >= 11 is 0. The molecule has 5 nitrogen and oxygen atoms in total. The highest BCUT2D eigenvalue weighted by molar-refractivity contribution is 7.90. The van der Waals surface area contributed by atoms with Crippen molar-refractivity contribution in [2.24, 2.45) is 5.14 Å². The van der Waals surface area contributed by atoms with E-state index >= 15 is 0 Å². The van der Waals surface area contributed by atoms with E-state index in [0.717, 1.165) is 5.69 Å². The van der Waals surface area contributed by atoms with Gasteiger partial charge >= 0.3 is 0 Å². The molecule has 6 heteroatoms. The fraction of sp³-hybridized carbons (Fsp3) is 0. The van der Waals surface area contributed by atoms with Crippen molar-refractivity contribution in [1.29, 1.82) is 0 Å². The molecule has 0 aliphatic rings. The predicted octanol–water partition coefficient (Wildman–Crippen LogP) is 2.05. The number of nitrogens with two attached hydrogens (primary N) is 1. The van der Waals surface area contributed by atoms with Gasteiger partial charge in [0.1, 0.15) is 0 Å². The van der Waals surface area contributed by atoms with Crippen LogP contribution in [0.1, 0.15) is 0 Å². The van der Waals surface area contributed by atoms with Gasteiger partial charge in [-0.3, -0.25) is 4.72 Å². The number of anilines is 3. The van der Waals surface area contributed by atoms with Crippen LogP contribution in [0.15, 0.2) is 54.6 Å². The third-order valence-electron chi connectivity index (χ3n) is 2.23. The molecule has 94 valence electrons. The van der Waals surface area contributed by atoms with Crippen molar-refractivity contribution in [3.8, 4) is 0 Å². The highest BCUT2D eigenvalue weighted by Gasteiger charge is 2.07. The summed E-state index contributed by atoms with van der Waals surface area (Å²) < 4.78 is 24.3. The first-order valence-corrected chi connectivity index (χ1v) is 6.81. The molecular formula is C12H13N3O2S. The molecule has 0 radical (unpaired) electrons. The largest absolute Gasteiger partial charge is 0.354 e. The van der Waals surface area contributed by atoms with Crippen LogP contribution in [0.5, 0.6) is 0 Å². The van der Waals surface area contributed by atoms with Gasteiger partial charge in [0.05, 0.1) is 11.4 Å². The van der Waals surface area contributed by atoms with Crippen LogP contribution in [-0.2, 0) is 10.2 Å². The van der Waals surface area contributed by atoms with Crippen LogP contribution >= 0.6 is 0 Å². The zero-order chi connectivity index (χ0) is 13.0. The fourth-order valence-corrected chi connectivity index (χ4v) is 2.00. The topological polar surface area (TPSA) is 84.2 Å². The van der Waals surface area contributed by atoms with Gasteiger partial charge in [-0.25, -0.2) is 5.14 Å². The van der Waals surface area contributed by atoms with Crippen molar-refractivity contribution in [1.82, 2.24) is 0 Å². The lowest BCUT2D eigenvalue weighted by Crippen LogP contribution is -2.22. The van der Waals surface area contributed by atoms with Gasteiger partial charge < -0.3 is 5.32 Å². The lowest BCUT2D eigenvalue weighted by Gasteiger charge is -2.12. The standard InChI is InChI=1S/C12H13N3O2S/c13-18(16,17)15-12-9-5-4-8-11(12)14-10-6-2-1-3-7-10/h1-9,14-15H,(H2,13,16,17). The van der Waals surface area contributed by atoms with E-state index in [9.17, 15) is 8.42 Å². The summed E-state index contributed by atoms with van der Waals surface area (Å²) in [5, 5.41) is 8.08. The van der Waals surface area contributed by atoms with E-state index in [1.807, 2.05) is 30.3 Å². The van der Waals surface area contributed by atoms with Gasteiger partial charge in [-0.2, -0.15) is 8.42 Å². The van der Waals surface area contributed by atoms with Crippen molar-refractivity contribution in [2.75, 3.05) is 10.0 Å². The third kappa shape index (κ3) is 3.47. The number of hydrogen-bond donors (Lipinski definition) is 3. The van der Waals surface area contributed by atoms with E-state index in [0.29, 0.717) is 11.4 Å². The van der Waals surface area contributed by atoms with Crippen LogP contribution in [0.4, 0.5) is 17.1 Å². The van der Waals surface area contributed by atoms with Crippen LogP contribution in [0.25, 0.3) is 0 Å². The van der Waals surface area contributed by atoms with Crippen molar-refractivity contribution in [2.45, 2.75) is 0 Å². The zero-order valence-electron chi connectivity index (χ0n) is 9.50. The molecule has 0 heterocycles. The summed E-state index contributed by atoms with van der Waals surface area (Å²) in [4.78, 5) is 0. The summed E-state index contributed by atoms with van der Waals surface area (Å²) in [6, 6.07) is 16.4. The van der Waals surface area contributed by atoms with Gasteiger partial charge in [-0.1, -0.05) is 30.3 Å². The highest BCUT2D eigenvalue weighted by atomic mass is 32.2. The van der Waals surface area contributed by atoms with Crippen LogP contribution in [-0.4, -0.2) is 8.42 Å². The van der Waals surface area contributed by atoms with Crippen LogP contribution in [0.3, 0.4) is 0 Å². The predicted molar refractivity (Wildman–Crippen MR) is 72.9 cm³/mol. The Bertz CT molecular complexity index is 627. The van der Waals surface area contributed by atoms with Gasteiger partial charge in [0.15, 0.2) is 0 Å². The second-order valence-electron chi connectivity index (χ2n) is 3.68. The maximum absolute atomic E-state index is 11.0. The van der Waals surface area contributed by atoms with E-state index in [2.05, 4.69) is 10.0 Å². The van der Waals surface area contributed by atoms with Crippen molar-refractivity contribution < 1.29 is 8.42 Å². The average molecular weight is 263 g/mol. The number of rotatable bonds is 4. The second-order valence-corrected chi connectivity index (χ2v) is 4.98. The summed E-state index contributed by atoms with van der Waals surface area (Å²) in [6.07, 6.45) is 0. The Hall–Kier alpha value is -2.05. The quantitative estimate of drug-likeness (QED) is 0.789. The molecule has 0 spiro atoms. The third-order valence-corrected chi connectivity index (χ3v) is 2.74.